The summed E-state index contributed by atoms with van der Waals surface area (Å²) in [6, 6.07) is 6.70. The van der Waals surface area contributed by atoms with Crippen LogP contribution in [0, 0.1) is 6.92 Å². The standard InChI is InChI=1S/C15H17N3O4S/c1-10-3-5-11(6-4-10)23(21,22)18-8-7-12-13(9-18)17(2)16-14(12)15(19)20/h3-6H,7-9H2,1-2H3,(H,19,20). The van der Waals surface area contributed by atoms with Crippen molar-refractivity contribution in [3.05, 3.63) is 46.8 Å². The SMILES string of the molecule is Cc1ccc(S(=O)(=O)N2CCc3c(C(=O)O)nn(C)c3C2)cc1. The average Bonchev–Trinajstić information content (AvgIpc) is 2.85. The number of hydrogen-bond acceptors (Lipinski definition) is 4. The van der Waals surface area contributed by atoms with E-state index in [1.54, 1.807) is 31.3 Å². The number of rotatable bonds is 3. The minimum absolute atomic E-state index is 0.00915. The zero-order valence-electron chi connectivity index (χ0n) is 12.9. The zero-order chi connectivity index (χ0) is 16.8. The maximum absolute atomic E-state index is 12.7. The van der Waals surface area contributed by atoms with Crippen molar-refractivity contribution in [1.29, 1.82) is 0 Å². The number of carboxylic acid groups (broad SMARTS) is 1. The summed E-state index contributed by atoms with van der Waals surface area (Å²) in [7, 11) is -1.97. The fourth-order valence-electron chi connectivity index (χ4n) is 2.78. The Morgan fingerprint density at radius 3 is 2.52 bits per heavy atom. The summed E-state index contributed by atoms with van der Waals surface area (Å²) >= 11 is 0. The van der Waals surface area contributed by atoms with Crippen molar-refractivity contribution in [2.45, 2.75) is 24.8 Å². The molecule has 2 aromatic rings. The molecule has 1 aromatic carbocycles. The lowest BCUT2D eigenvalue weighted by Gasteiger charge is -2.26. The molecule has 0 aliphatic carbocycles. The number of sulfonamides is 1. The van der Waals surface area contributed by atoms with E-state index in [-0.39, 0.29) is 23.7 Å². The van der Waals surface area contributed by atoms with Gasteiger partial charge in [0.25, 0.3) is 0 Å². The van der Waals surface area contributed by atoms with E-state index in [9.17, 15) is 18.3 Å². The van der Waals surface area contributed by atoms with Gasteiger partial charge in [-0.2, -0.15) is 9.40 Å². The minimum Gasteiger partial charge on any atom is -0.476 e. The summed E-state index contributed by atoms with van der Waals surface area (Å²) in [6.45, 7) is 2.27. The van der Waals surface area contributed by atoms with E-state index in [2.05, 4.69) is 5.10 Å². The van der Waals surface area contributed by atoms with Crippen LogP contribution in [0.5, 0.6) is 0 Å². The first-order chi connectivity index (χ1) is 10.8. The maximum atomic E-state index is 12.7. The van der Waals surface area contributed by atoms with Gasteiger partial charge in [-0.3, -0.25) is 4.68 Å². The Morgan fingerprint density at radius 2 is 1.91 bits per heavy atom. The Kier molecular flexibility index (Phi) is 3.73. The Labute approximate surface area is 134 Å². The molecule has 0 bridgehead atoms. The molecule has 1 N–H and O–H groups in total. The lowest BCUT2D eigenvalue weighted by Crippen LogP contribution is -2.36. The molecular weight excluding hydrogens is 318 g/mol. The summed E-state index contributed by atoms with van der Waals surface area (Å²) in [5, 5.41) is 13.2. The van der Waals surface area contributed by atoms with E-state index in [1.165, 1.54) is 8.99 Å². The number of aromatic nitrogens is 2. The molecule has 1 aliphatic rings. The van der Waals surface area contributed by atoms with Crippen molar-refractivity contribution in [2.24, 2.45) is 7.05 Å². The van der Waals surface area contributed by atoms with Gasteiger partial charge in [-0.25, -0.2) is 13.2 Å². The van der Waals surface area contributed by atoms with Crippen molar-refractivity contribution in [1.82, 2.24) is 14.1 Å². The summed E-state index contributed by atoms with van der Waals surface area (Å²) < 4.78 is 28.3. The quantitative estimate of drug-likeness (QED) is 0.909. The average molecular weight is 335 g/mol. The topological polar surface area (TPSA) is 92.5 Å². The highest BCUT2D eigenvalue weighted by atomic mass is 32.2. The molecular formula is C15H17N3O4S. The predicted molar refractivity (Wildman–Crippen MR) is 82.6 cm³/mol. The summed E-state index contributed by atoms with van der Waals surface area (Å²) in [6.07, 6.45) is 0.343. The molecule has 0 radical (unpaired) electrons. The lowest BCUT2D eigenvalue weighted by molar-refractivity contribution is 0.0688. The second-order valence-corrected chi connectivity index (χ2v) is 7.54. The fraction of sp³-hybridized carbons (Fsp3) is 0.333. The number of hydrogen-bond donors (Lipinski definition) is 1. The highest BCUT2D eigenvalue weighted by Crippen LogP contribution is 2.26. The molecule has 1 aliphatic heterocycles. The van der Waals surface area contributed by atoms with Gasteiger partial charge in [-0.1, -0.05) is 17.7 Å². The minimum atomic E-state index is -3.60. The molecule has 0 amide bonds. The van der Waals surface area contributed by atoms with Crippen LogP contribution in [0.3, 0.4) is 0 Å². The molecule has 122 valence electrons. The molecule has 0 fully saturated rings. The van der Waals surface area contributed by atoms with E-state index in [0.29, 0.717) is 17.7 Å². The fourth-order valence-corrected chi connectivity index (χ4v) is 4.18. The van der Waals surface area contributed by atoms with Gasteiger partial charge in [0.05, 0.1) is 17.1 Å². The molecule has 1 aromatic heterocycles. The normalized spacial score (nSPS) is 15.4. The van der Waals surface area contributed by atoms with Crippen LogP contribution in [0.2, 0.25) is 0 Å². The first kappa shape index (κ1) is 15.7. The smallest absolute Gasteiger partial charge is 0.356 e. The molecule has 0 spiro atoms. The highest BCUT2D eigenvalue weighted by Gasteiger charge is 2.33. The van der Waals surface area contributed by atoms with Crippen LogP contribution in [0.15, 0.2) is 29.2 Å². The van der Waals surface area contributed by atoms with Gasteiger partial charge in [0.1, 0.15) is 0 Å². The predicted octanol–water partition coefficient (Wildman–Crippen LogP) is 1.17. The third-order valence-corrected chi connectivity index (χ3v) is 5.93. The Balaban J connectivity index is 1.96. The van der Waals surface area contributed by atoms with Gasteiger partial charge in [0, 0.05) is 19.2 Å². The molecule has 8 heteroatoms. The molecule has 7 nitrogen and oxygen atoms in total. The first-order valence-electron chi connectivity index (χ1n) is 7.15. The number of aromatic carboxylic acids is 1. The molecule has 3 rings (SSSR count). The lowest BCUT2D eigenvalue weighted by atomic mass is 10.1. The Morgan fingerprint density at radius 1 is 1.26 bits per heavy atom. The van der Waals surface area contributed by atoms with Gasteiger partial charge in [-0.05, 0) is 25.5 Å². The number of carboxylic acids is 1. The second-order valence-electron chi connectivity index (χ2n) is 5.60. The molecule has 0 saturated carbocycles. The third-order valence-electron chi connectivity index (χ3n) is 4.07. The third kappa shape index (κ3) is 2.64. The molecule has 23 heavy (non-hydrogen) atoms. The number of aryl methyl sites for hydroxylation is 2. The molecule has 0 saturated heterocycles. The van der Waals surface area contributed by atoms with Gasteiger partial charge < -0.3 is 5.11 Å². The Bertz CT molecular complexity index is 869. The molecule has 0 atom stereocenters. The van der Waals surface area contributed by atoms with Crippen LogP contribution in [0.4, 0.5) is 0 Å². The summed E-state index contributed by atoms with van der Waals surface area (Å²) in [5.74, 6) is -1.09. The van der Waals surface area contributed by atoms with E-state index in [4.69, 9.17) is 0 Å². The van der Waals surface area contributed by atoms with Crippen LogP contribution < -0.4 is 0 Å². The largest absolute Gasteiger partial charge is 0.476 e. The van der Waals surface area contributed by atoms with Crippen LogP contribution >= 0.6 is 0 Å². The van der Waals surface area contributed by atoms with Gasteiger partial charge in [0.2, 0.25) is 10.0 Å². The van der Waals surface area contributed by atoms with Crippen molar-refractivity contribution >= 4 is 16.0 Å². The van der Waals surface area contributed by atoms with Crippen LogP contribution in [-0.2, 0) is 30.0 Å². The van der Waals surface area contributed by atoms with Gasteiger partial charge in [-0.15, -0.1) is 0 Å². The van der Waals surface area contributed by atoms with Gasteiger partial charge in [0.15, 0.2) is 5.69 Å². The van der Waals surface area contributed by atoms with E-state index < -0.39 is 16.0 Å². The second kappa shape index (κ2) is 5.47. The number of carbonyl (C=O) groups is 1. The van der Waals surface area contributed by atoms with Crippen molar-refractivity contribution in [2.75, 3.05) is 6.54 Å². The van der Waals surface area contributed by atoms with E-state index >= 15 is 0 Å². The van der Waals surface area contributed by atoms with Gasteiger partial charge >= 0.3 is 5.97 Å². The zero-order valence-corrected chi connectivity index (χ0v) is 13.7. The summed E-state index contributed by atoms with van der Waals surface area (Å²) in [4.78, 5) is 11.5. The van der Waals surface area contributed by atoms with E-state index in [0.717, 1.165) is 5.56 Å². The van der Waals surface area contributed by atoms with Crippen LogP contribution in [0.25, 0.3) is 0 Å². The van der Waals surface area contributed by atoms with Crippen molar-refractivity contribution < 1.29 is 18.3 Å². The van der Waals surface area contributed by atoms with E-state index in [1.807, 2.05) is 6.92 Å². The molecule has 0 unspecified atom stereocenters. The monoisotopic (exact) mass is 335 g/mol. The number of fused-ring (bicyclic) bond motifs is 1. The van der Waals surface area contributed by atoms with Crippen molar-refractivity contribution in [3.63, 3.8) is 0 Å². The number of benzene rings is 1. The van der Waals surface area contributed by atoms with Crippen LogP contribution in [-0.4, -0.2) is 40.1 Å². The maximum Gasteiger partial charge on any atom is 0.356 e. The highest BCUT2D eigenvalue weighted by molar-refractivity contribution is 7.89. The first-order valence-corrected chi connectivity index (χ1v) is 8.59. The number of nitrogens with zero attached hydrogens (tertiary/aromatic N) is 3. The summed E-state index contributed by atoms with van der Waals surface area (Å²) in [5.41, 5.74) is 2.25. The van der Waals surface area contributed by atoms with Crippen LogP contribution in [0.1, 0.15) is 27.3 Å². The Hall–Kier alpha value is -2.19. The van der Waals surface area contributed by atoms with Crippen molar-refractivity contribution in [3.8, 4) is 0 Å². The molecule has 2 heterocycles.